The molecule has 0 spiro atoms. The fourth-order valence-electron chi connectivity index (χ4n) is 1.65. The summed E-state index contributed by atoms with van der Waals surface area (Å²) in [4.78, 5) is 3.69. The Morgan fingerprint density at radius 1 is 1.20 bits per heavy atom. The molecule has 1 aromatic rings. The molecular formula is C16H25BF3NO4. The van der Waals surface area contributed by atoms with Gasteiger partial charge in [-0.15, -0.1) is 0 Å². The molecule has 1 aromatic heterocycles. The summed E-state index contributed by atoms with van der Waals surface area (Å²) < 4.78 is 49.7. The minimum Gasteiger partial charge on any atom is -0.478 e. The molecule has 0 aromatic carbocycles. The van der Waals surface area contributed by atoms with Gasteiger partial charge in [0, 0.05) is 11.7 Å². The van der Waals surface area contributed by atoms with Crippen molar-refractivity contribution in [1.82, 2.24) is 4.98 Å². The van der Waals surface area contributed by atoms with Crippen LogP contribution in [0.1, 0.15) is 47.1 Å². The van der Waals surface area contributed by atoms with Crippen LogP contribution in [0, 0.1) is 5.92 Å². The number of hydrogen-bond donors (Lipinski definition) is 2. The number of halogens is 3. The lowest BCUT2D eigenvalue weighted by Gasteiger charge is -2.38. The molecule has 0 aliphatic carbocycles. The Bertz CT molecular complexity index is 586. The monoisotopic (exact) mass is 363 g/mol. The Hall–Kier alpha value is -1.32. The van der Waals surface area contributed by atoms with Gasteiger partial charge in [-0.1, -0.05) is 13.8 Å². The predicted molar refractivity (Wildman–Crippen MR) is 88.6 cm³/mol. The van der Waals surface area contributed by atoms with Crippen molar-refractivity contribution in [3.05, 3.63) is 17.8 Å². The highest BCUT2D eigenvalue weighted by molar-refractivity contribution is 6.61. The van der Waals surface area contributed by atoms with Gasteiger partial charge in [0.2, 0.25) is 5.88 Å². The summed E-state index contributed by atoms with van der Waals surface area (Å²) in [5.41, 5.74) is -3.85. The highest BCUT2D eigenvalue weighted by Crippen LogP contribution is 2.30. The SMILES string of the molecule is CC(C)COc1ncc(C(F)(F)F)cc1B(O)OC(C)(C)C(C)(C)O. The molecule has 0 amide bonds. The summed E-state index contributed by atoms with van der Waals surface area (Å²) in [5.74, 6) is -0.0245. The second-order valence-corrected chi connectivity index (χ2v) is 7.36. The van der Waals surface area contributed by atoms with Crippen molar-refractivity contribution in [2.24, 2.45) is 5.92 Å². The van der Waals surface area contributed by atoms with Crippen LogP contribution in [0.2, 0.25) is 0 Å². The number of alkyl halides is 3. The summed E-state index contributed by atoms with van der Waals surface area (Å²) in [6, 6.07) is 0.744. The molecule has 5 nitrogen and oxygen atoms in total. The molecule has 0 radical (unpaired) electrons. The highest BCUT2D eigenvalue weighted by atomic mass is 19.4. The van der Waals surface area contributed by atoms with Gasteiger partial charge in [-0.3, -0.25) is 0 Å². The number of aromatic nitrogens is 1. The average Bonchev–Trinajstić information content (AvgIpc) is 2.42. The Morgan fingerprint density at radius 3 is 2.20 bits per heavy atom. The maximum absolute atomic E-state index is 13.0. The summed E-state index contributed by atoms with van der Waals surface area (Å²) in [5, 5.41) is 20.4. The quantitative estimate of drug-likeness (QED) is 0.728. The lowest BCUT2D eigenvalue weighted by Crippen LogP contribution is -2.53. The summed E-state index contributed by atoms with van der Waals surface area (Å²) in [6.07, 6.45) is -3.98. The van der Waals surface area contributed by atoms with Gasteiger partial charge < -0.3 is 19.5 Å². The first kappa shape index (κ1) is 21.7. The smallest absolute Gasteiger partial charge is 0.478 e. The van der Waals surface area contributed by atoms with Crippen LogP contribution in [0.25, 0.3) is 0 Å². The van der Waals surface area contributed by atoms with E-state index in [9.17, 15) is 23.3 Å². The maximum atomic E-state index is 13.0. The van der Waals surface area contributed by atoms with E-state index in [0.29, 0.717) is 6.20 Å². The van der Waals surface area contributed by atoms with E-state index >= 15 is 0 Å². The third-order valence-electron chi connectivity index (χ3n) is 3.91. The average molecular weight is 363 g/mol. The van der Waals surface area contributed by atoms with Crippen molar-refractivity contribution >= 4 is 12.6 Å². The lowest BCUT2D eigenvalue weighted by atomic mass is 9.76. The van der Waals surface area contributed by atoms with Crippen molar-refractivity contribution in [1.29, 1.82) is 0 Å². The Kier molecular flexibility index (Phi) is 6.53. The van der Waals surface area contributed by atoms with Crippen LogP contribution in [0.15, 0.2) is 12.3 Å². The van der Waals surface area contributed by atoms with Crippen LogP contribution >= 0.6 is 0 Å². The third kappa shape index (κ3) is 5.86. The van der Waals surface area contributed by atoms with Crippen LogP contribution in [-0.4, -0.2) is 40.0 Å². The first-order valence-corrected chi connectivity index (χ1v) is 7.93. The number of pyridine rings is 1. The van der Waals surface area contributed by atoms with Gasteiger partial charge in [-0.05, 0) is 39.7 Å². The van der Waals surface area contributed by atoms with Gasteiger partial charge in [0.1, 0.15) is 0 Å². The molecule has 0 aliphatic rings. The number of hydrogen-bond acceptors (Lipinski definition) is 5. The van der Waals surface area contributed by atoms with E-state index < -0.39 is 30.1 Å². The standard InChI is InChI=1S/C16H25BF3NO4/c1-10(2)9-24-13-12(7-11(8-21-13)16(18,19)20)17(23)25-15(5,6)14(3,4)22/h7-8,10,22-23H,9H2,1-6H3. The molecule has 0 fully saturated rings. The van der Waals surface area contributed by atoms with Gasteiger partial charge in [0.05, 0.1) is 23.4 Å². The third-order valence-corrected chi connectivity index (χ3v) is 3.91. The summed E-state index contributed by atoms with van der Waals surface area (Å²) >= 11 is 0. The van der Waals surface area contributed by atoms with Crippen LogP contribution in [0.3, 0.4) is 0 Å². The van der Waals surface area contributed by atoms with Crippen molar-refractivity contribution in [3.8, 4) is 5.88 Å². The number of aliphatic hydroxyl groups is 1. The molecule has 2 N–H and O–H groups in total. The molecule has 1 rings (SSSR count). The van der Waals surface area contributed by atoms with Gasteiger partial charge in [-0.25, -0.2) is 4.98 Å². The molecule has 0 saturated carbocycles. The minimum absolute atomic E-state index is 0.114. The molecule has 0 bridgehead atoms. The normalized spacial score (nSPS) is 13.3. The van der Waals surface area contributed by atoms with Gasteiger partial charge in [0.15, 0.2) is 0 Å². The fraction of sp³-hybridized carbons (Fsp3) is 0.688. The highest BCUT2D eigenvalue weighted by Gasteiger charge is 2.41. The lowest BCUT2D eigenvalue weighted by molar-refractivity contribution is -0.137. The van der Waals surface area contributed by atoms with Gasteiger partial charge >= 0.3 is 13.3 Å². The zero-order valence-corrected chi connectivity index (χ0v) is 15.3. The van der Waals surface area contributed by atoms with Crippen molar-refractivity contribution in [2.45, 2.75) is 58.9 Å². The van der Waals surface area contributed by atoms with Crippen molar-refractivity contribution in [2.75, 3.05) is 6.61 Å². The minimum atomic E-state index is -4.62. The predicted octanol–water partition coefficient (Wildman–Crippen LogP) is 2.39. The molecule has 0 aliphatic heterocycles. The number of ether oxygens (including phenoxy) is 1. The van der Waals surface area contributed by atoms with Crippen LogP contribution in [0.4, 0.5) is 13.2 Å². The van der Waals surface area contributed by atoms with Crippen LogP contribution in [0.5, 0.6) is 5.88 Å². The maximum Gasteiger partial charge on any atom is 0.497 e. The molecule has 142 valence electrons. The number of nitrogens with zero attached hydrogens (tertiary/aromatic N) is 1. The molecular weight excluding hydrogens is 338 g/mol. The largest absolute Gasteiger partial charge is 0.497 e. The summed E-state index contributed by atoms with van der Waals surface area (Å²) in [7, 11) is -1.75. The summed E-state index contributed by atoms with van der Waals surface area (Å²) in [6.45, 7) is 9.94. The Morgan fingerprint density at radius 2 is 1.76 bits per heavy atom. The zero-order chi connectivity index (χ0) is 19.6. The Balaban J connectivity index is 3.23. The molecule has 9 heteroatoms. The molecule has 0 unspecified atom stereocenters. The van der Waals surface area contributed by atoms with E-state index in [1.54, 1.807) is 0 Å². The van der Waals surface area contributed by atoms with Crippen molar-refractivity contribution < 1.29 is 32.7 Å². The van der Waals surface area contributed by atoms with Crippen LogP contribution in [-0.2, 0) is 10.8 Å². The van der Waals surface area contributed by atoms with E-state index in [2.05, 4.69) is 4.98 Å². The zero-order valence-electron chi connectivity index (χ0n) is 15.3. The van der Waals surface area contributed by atoms with E-state index in [4.69, 9.17) is 9.39 Å². The number of rotatable bonds is 7. The van der Waals surface area contributed by atoms with Crippen LogP contribution < -0.4 is 10.2 Å². The first-order valence-electron chi connectivity index (χ1n) is 7.93. The van der Waals surface area contributed by atoms with Gasteiger partial charge in [-0.2, -0.15) is 13.2 Å². The molecule has 25 heavy (non-hydrogen) atoms. The van der Waals surface area contributed by atoms with E-state index in [1.807, 2.05) is 13.8 Å². The molecule has 1 heterocycles. The van der Waals surface area contributed by atoms with Gasteiger partial charge in [0.25, 0.3) is 0 Å². The Labute approximate surface area is 146 Å². The second-order valence-electron chi connectivity index (χ2n) is 7.36. The van der Waals surface area contributed by atoms with Crippen molar-refractivity contribution in [3.63, 3.8) is 0 Å². The van der Waals surface area contributed by atoms with E-state index in [1.165, 1.54) is 27.7 Å². The topological polar surface area (TPSA) is 71.8 Å². The fourth-order valence-corrected chi connectivity index (χ4v) is 1.65. The molecule has 0 atom stereocenters. The molecule has 0 saturated heterocycles. The second kappa shape index (κ2) is 7.51. The van der Waals surface area contributed by atoms with E-state index in [-0.39, 0.29) is 23.9 Å². The first-order chi connectivity index (χ1) is 11.1. The van der Waals surface area contributed by atoms with E-state index in [0.717, 1.165) is 6.07 Å².